The van der Waals surface area contributed by atoms with Crippen LogP contribution in [0.2, 0.25) is 0 Å². The van der Waals surface area contributed by atoms with E-state index in [2.05, 4.69) is 9.97 Å². The molecule has 3 aromatic carbocycles. The molecule has 0 fully saturated rings. The third-order valence-electron chi connectivity index (χ3n) is 5.75. The van der Waals surface area contributed by atoms with E-state index >= 15 is 0 Å². The van der Waals surface area contributed by atoms with Crippen LogP contribution in [0.4, 0.5) is 0 Å². The van der Waals surface area contributed by atoms with Crippen LogP contribution < -0.4 is 9.47 Å². The molecule has 0 unspecified atom stereocenters. The van der Waals surface area contributed by atoms with Gasteiger partial charge in [-0.25, -0.2) is 9.78 Å². The van der Waals surface area contributed by atoms with Crippen LogP contribution in [0.25, 0.3) is 33.3 Å². The van der Waals surface area contributed by atoms with E-state index in [9.17, 15) is 4.79 Å². The van der Waals surface area contributed by atoms with Crippen LogP contribution in [0.1, 0.15) is 49.2 Å². The number of pyridine rings is 1. The Labute approximate surface area is 223 Å². The van der Waals surface area contributed by atoms with Gasteiger partial charge in [-0.05, 0) is 59.3 Å². The second kappa shape index (κ2) is 13.2. The van der Waals surface area contributed by atoms with Crippen LogP contribution in [-0.4, -0.2) is 37.3 Å². The number of hydrogen-bond acceptors (Lipinski definition) is 7. The topological polar surface area (TPSA) is 83.7 Å². The molecule has 198 valence electrons. The molecule has 2 aromatic heterocycles. The van der Waals surface area contributed by atoms with Gasteiger partial charge < -0.3 is 18.6 Å². The molecule has 0 aliphatic carbocycles. The largest absolute Gasteiger partial charge is 0.493 e. The minimum absolute atomic E-state index is 0.372. The normalized spacial score (nSPS) is 10.2. The quantitative estimate of drug-likeness (QED) is 0.217. The van der Waals surface area contributed by atoms with Gasteiger partial charge in [0.1, 0.15) is 5.52 Å². The zero-order chi connectivity index (χ0) is 27.7. The second-order valence-electron chi connectivity index (χ2n) is 7.76. The summed E-state index contributed by atoms with van der Waals surface area (Å²) in [6.07, 6.45) is 4.32. The molecule has 0 spiro atoms. The smallest absolute Gasteiger partial charge is 0.338 e. The number of fused-ring (bicyclic) bond motifs is 2. The SMILES string of the molecule is CC.CC.COC(=O)c1ccccc1-c1nc2cc(Cc3cncc4cc(OC)c(OC)cc34)ccc2o1. The van der Waals surface area contributed by atoms with Crippen molar-refractivity contribution in [1.82, 2.24) is 9.97 Å². The summed E-state index contributed by atoms with van der Waals surface area (Å²) in [5.74, 6) is 1.27. The molecule has 7 heteroatoms. The Bertz CT molecular complexity index is 1520. The molecule has 0 radical (unpaired) electrons. The van der Waals surface area contributed by atoms with Crippen LogP contribution >= 0.6 is 0 Å². The van der Waals surface area contributed by atoms with Crippen molar-refractivity contribution in [3.8, 4) is 23.0 Å². The van der Waals surface area contributed by atoms with Gasteiger partial charge >= 0.3 is 5.97 Å². The van der Waals surface area contributed by atoms with Crippen LogP contribution in [0.3, 0.4) is 0 Å². The highest BCUT2D eigenvalue weighted by Crippen LogP contribution is 2.34. The highest BCUT2D eigenvalue weighted by atomic mass is 16.5. The molecule has 7 nitrogen and oxygen atoms in total. The molecule has 0 atom stereocenters. The van der Waals surface area contributed by atoms with E-state index in [-0.39, 0.29) is 0 Å². The molecule has 0 saturated heterocycles. The van der Waals surface area contributed by atoms with Crippen molar-refractivity contribution in [2.45, 2.75) is 34.1 Å². The average Bonchev–Trinajstić information content (AvgIpc) is 3.41. The van der Waals surface area contributed by atoms with Gasteiger partial charge in [-0.15, -0.1) is 0 Å². The Balaban J connectivity index is 0.000000956. The third kappa shape index (κ3) is 5.78. The van der Waals surface area contributed by atoms with Gasteiger partial charge in [0.25, 0.3) is 0 Å². The fourth-order valence-corrected chi connectivity index (χ4v) is 4.07. The molecule has 0 amide bonds. The molecule has 2 heterocycles. The number of nitrogens with zero attached hydrogens (tertiary/aromatic N) is 2. The van der Waals surface area contributed by atoms with Gasteiger partial charge in [0.05, 0.1) is 32.5 Å². The Morgan fingerprint density at radius 3 is 2.29 bits per heavy atom. The summed E-state index contributed by atoms with van der Waals surface area (Å²) >= 11 is 0. The maximum absolute atomic E-state index is 12.2. The van der Waals surface area contributed by atoms with E-state index < -0.39 is 5.97 Å². The average molecular weight is 515 g/mol. The van der Waals surface area contributed by atoms with Gasteiger partial charge in [0.15, 0.2) is 17.1 Å². The summed E-state index contributed by atoms with van der Waals surface area (Å²) in [7, 11) is 4.59. The third-order valence-corrected chi connectivity index (χ3v) is 5.75. The lowest BCUT2D eigenvalue weighted by Gasteiger charge is -2.11. The summed E-state index contributed by atoms with van der Waals surface area (Å²) in [5.41, 5.74) is 4.45. The first-order chi connectivity index (χ1) is 18.6. The summed E-state index contributed by atoms with van der Waals surface area (Å²) in [6.45, 7) is 8.00. The highest BCUT2D eigenvalue weighted by Gasteiger charge is 2.18. The number of esters is 1. The summed E-state index contributed by atoms with van der Waals surface area (Å²) in [6, 6.07) is 16.9. The van der Waals surface area contributed by atoms with Crippen molar-refractivity contribution in [3.05, 3.63) is 83.7 Å². The minimum atomic E-state index is -0.436. The molecular weight excluding hydrogens is 480 g/mol. The number of hydrogen-bond donors (Lipinski definition) is 0. The summed E-state index contributed by atoms with van der Waals surface area (Å²) in [4.78, 5) is 21.2. The van der Waals surface area contributed by atoms with Crippen molar-refractivity contribution in [1.29, 1.82) is 0 Å². The van der Waals surface area contributed by atoms with Crippen molar-refractivity contribution in [3.63, 3.8) is 0 Å². The Morgan fingerprint density at radius 2 is 1.58 bits per heavy atom. The molecule has 0 aliphatic heterocycles. The zero-order valence-electron chi connectivity index (χ0n) is 23.0. The molecule has 5 aromatic rings. The van der Waals surface area contributed by atoms with E-state index in [4.69, 9.17) is 18.6 Å². The van der Waals surface area contributed by atoms with Crippen molar-refractivity contribution < 1.29 is 23.4 Å². The first-order valence-corrected chi connectivity index (χ1v) is 12.7. The van der Waals surface area contributed by atoms with Crippen molar-refractivity contribution in [2.75, 3.05) is 21.3 Å². The zero-order valence-corrected chi connectivity index (χ0v) is 23.0. The van der Waals surface area contributed by atoms with Gasteiger partial charge in [-0.2, -0.15) is 0 Å². The fraction of sp³-hybridized carbons (Fsp3) is 0.258. The van der Waals surface area contributed by atoms with E-state index in [1.165, 1.54) is 7.11 Å². The Morgan fingerprint density at radius 1 is 0.868 bits per heavy atom. The predicted molar refractivity (Wildman–Crippen MR) is 151 cm³/mol. The molecule has 5 rings (SSSR count). The maximum atomic E-state index is 12.2. The minimum Gasteiger partial charge on any atom is -0.493 e. The van der Waals surface area contributed by atoms with Crippen LogP contribution in [-0.2, 0) is 11.2 Å². The number of rotatable bonds is 6. The number of oxazole rings is 1. The van der Waals surface area contributed by atoms with Crippen LogP contribution in [0.15, 0.2) is 71.4 Å². The van der Waals surface area contributed by atoms with Gasteiger partial charge in [-0.1, -0.05) is 45.9 Å². The Hall–Kier alpha value is -4.39. The first-order valence-electron chi connectivity index (χ1n) is 12.7. The lowest BCUT2D eigenvalue weighted by Crippen LogP contribution is -2.03. The van der Waals surface area contributed by atoms with E-state index in [1.54, 1.807) is 32.4 Å². The number of benzene rings is 3. The summed E-state index contributed by atoms with van der Waals surface area (Å²) < 4.78 is 21.8. The number of methoxy groups -OCH3 is 3. The summed E-state index contributed by atoms with van der Waals surface area (Å²) in [5, 5.41) is 2.01. The number of carbonyl (C=O) groups is 1. The van der Waals surface area contributed by atoms with Crippen molar-refractivity contribution in [2.24, 2.45) is 0 Å². The highest BCUT2D eigenvalue weighted by molar-refractivity contribution is 5.96. The molecule has 0 saturated carbocycles. The second-order valence-corrected chi connectivity index (χ2v) is 7.76. The van der Waals surface area contributed by atoms with E-state index in [0.717, 1.165) is 21.9 Å². The van der Waals surface area contributed by atoms with Gasteiger partial charge in [0.2, 0.25) is 5.89 Å². The molecule has 38 heavy (non-hydrogen) atoms. The molecular formula is C31H34N2O5. The fourth-order valence-electron chi connectivity index (χ4n) is 4.07. The maximum Gasteiger partial charge on any atom is 0.338 e. The monoisotopic (exact) mass is 514 g/mol. The van der Waals surface area contributed by atoms with E-state index in [1.807, 2.05) is 76.5 Å². The van der Waals surface area contributed by atoms with Crippen molar-refractivity contribution >= 4 is 27.8 Å². The lowest BCUT2D eigenvalue weighted by atomic mass is 10.00. The predicted octanol–water partition coefficient (Wildman–Crippen LogP) is 7.49. The van der Waals surface area contributed by atoms with Crippen LogP contribution in [0.5, 0.6) is 11.5 Å². The van der Waals surface area contributed by atoms with E-state index in [0.29, 0.717) is 46.0 Å². The molecule has 0 N–H and O–H groups in total. The number of aromatic nitrogens is 2. The van der Waals surface area contributed by atoms with Crippen LogP contribution in [0, 0.1) is 0 Å². The standard InChI is InChI=1S/C27H22N2O5.2C2H6/c1-31-24-12-18-15-28-14-17(21(18)13-25(24)32-2)10-16-8-9-23-22(11-16)29-26(34-23)19-6-4-5-7-20(19)27(30)33-3;2*1-2/h4-9,11-15H,10H2,1-3H3;2*1-2H3. The lowest BCUT2D eigenvalue weighted by molar-refractivity contribution is 0.0601. The first kappa shape index (κ1) is 28.2. The van der Waals surface area contributed by atoms with Gasteiger partial charge in [0, 0.05) is 17.8 Å². The Kier molecular flexibility index (Phi) is 9.82. The molecule has 0 aliphatic rings. The number of carbonyl (C=O) groups excluding carboxylic acids is 1. The number of ether oxygens (including phenoxy) is 3. The molecule has 0 bridgehead atoms. The van der Waals surface area contributed by atoms with Gasteiger partial charge in [-0.3, -0.25) is 4.98 Å².